The topological polar surface area (TPSA) is 98.5 Å². The number of benzene rings is 2. The minimum Gasteiger partial charge on any atom is -0.465 e. The average molecular weight is 336 g/mol. The van der Waals surface area contributed by atoms with Gasteiger partial charge in [0.15, 0.2) is 11.6 Å². The van der Waals surface area contributed by atoms with Crippen molar-refractivity contribution in [3.8, 4) is 0 Å². The summed E-state index contributed by atoms with van der Waals surface area (Å²) in [5.74, 6) is -3.95. The summed E-state index contributed by atoms with van der Waals surface area (Å²) in [5, 5.41) is 13.2. The van der Waals surface area contributed by atoms with Crippen molar-refractivity contribution >= 4 is 23.3 Å². The van der Waals surface area contributed by atoms with Gasteiger partial charge >= 0.3 is 5.97 Å². The summed E-state index contributed by atoms with van der Waals surface area (Å²) in [5.41, 5.74) is -0.949. The third-order valence-corrected chi connectivity index (χ3v) is 2.99. The van der Waals surface area contributed by atoms with Gasteiger partial charge in [0.05, 0.1) is 17.6 Å². The van der Waals surface area contributed by atoms with Crippen molar-refractivity contribution in [1.29, 1.82) is 0 Å². The number of amides is 1. The maximum absolute atomic E-state index is 13.1. The number of methoxy groups -OCH3 is 1. The Bertz CT molecular complexity index is 839. The summed E-state index contributed by atoms with van der Waals surface area (Å²) in [6.07, 6.45) is 0. The number of rotatable bonds is 4. The van der Waals surface area contributed by atoms with E-state index in [9.17, 15) is 28.5 Å². The molecule has 0 aliphatic carbocycles. The summed E-state index contributed by atoms with van der Waals surface area (Å²) in [6.45, 7) is 0. The Kier molecular flexibility index (Phi) is 4.83. The Hall–Kier alpha value is -3.36. The van der Waals surface area contributed by atoms with Crippen LogP contribution in [0.3, 0.4) is 0 Å². The Morgan fingerprint density at radius 2 is 1.75 bits per heavy atom. The highest BCUT2D eigenvalue weighted by molar-refractivity contribution is 6.06. The number of esters is 1. The van der Waals surface area contributed by atoms with Crippen LogP contribution in [-0.4, -0.2) is 23.9 Å². The molecule has 24 heavy (non-hydrogen) atoms. The predicted octanol–water partition coefficient (Wildman–Crippen LogP) is 2.91. The van der Waals surface area contributed by atoms with Crippen molar-refractivity contribution in [3.63, 3.8) is 0 Å². The molecule has 2 aromatic carbocycles. The van der Waals surface area contributed by atoms with Crippen molar-refractivity contribution in [2.45, 2.75) is 0 Å². The van der Waals surface area contributed by atoms with E-state index in [0.717, 1.165) is 43.5 Å². The maximum atomic E-state index is 13.1. The fraction of sp³-hybridized carbons (Fsp3) is 0.0667. The summed E-state index contributed by atoms with van der Waals surface area (Å²) in [4.78, 5) is 33.8. The van der Waals surface area contributed by atoms with Gasteiger partial charge in [-0.1, -0.05) is 0 Å². The Labute approximate surface area is 134 Å². The monoisotopic (exact) mass is 336 g/mol. The standard InChI is InChI=1S/C15H10F2N2O5/c1-24-15(21)9-4-8(5-11(6-9)19(22)23)14(20)18-10-2-3-12(16)13(17)7-10/h2-7H,1H3,(H,18,20). The molecule has 0 aliphatic heterocycles. The van der Waals surface area contributed by atoms with E-state index in [1.54, 1.807) is 0 Å². The summed E-state index contributed by atoms with van der Waals surface area (Å²) < 4.78 is 30.5. The van der Waals surface area contributed by atoms with Crippen molar-refractivity contribution < 1.29 is 28.0 Å². The number of carbonyl (C=O) groups is 2. The van der Waals surface area contributed by atoms with Crippen molar-refractivity contribution in [1.82, 2.24) is 0 Å². The lowest BCUT2D eigenvalue weighted by Gasteiger charge is -2.07. The lowest BCUT2D eigenvalue weighted by Crippen LogP contribution is -2.14. The molecule has 0 bridgehead atoms. The molecule has 0 aromatic heterocycles. The van der Waals surface area contributed by atoms with Gasteiger partial charge in [0.25, 0.3) is 11.6 Å². The molecule has 9 heteroatoms. The highest BCUT2D eigenvalue weighted by Gasteiger charge is 2.18. The molecule has 0 heterocycles. The fourth-order valence-electron chi connectivity index (χ4n) is 1.86. The second-order valence-electron chi connectivity index (χ2n) is 4.60. The molecule has 0 spiro atoms. The van der Waals surface area contributed by atoms with Gasteiger partial charge in [0.1, 0.15) is 0 Å². The van der Waals surface area contributed by atoms with Gasteiger partial charge in [-0.15, -0.1) is 0 Å². The summed E-state index contributed by atoms with van der Waals surface area (Å²) in [6, 6.07) is 5.69. The minimum atomic E-state index is -1.16. The van der Waals surface area contributed by atoms with E-state index in [0.29, 0.717) is 0 Å². The molecule has 2 aromatic rings. The minimum absolute atomic E-state index is 0.0509. The van der Waals surface area contributed by atoms with Crippen LogP contribution in [0.25, 0.3) is 0 Å². The van der Waals surface area contributed by atoms with E-state index >= 15 is 0 Å². The molecule has 0 radical (unpaired) electrons. The van der Waals surface area contributed by atoms with Crippen LogP contribution in [0.5, 0.6) is 0 Å². The van der Waals surface area contributed by atoms with E-state index in [4.69, 9.17) is 0 Å². The van der Waals surface area contributed by atoms with Crippen LogP contribution >= 0.6 is 0 Å². The van der Waals surface area contributed by atoms with Gasteiger partial charge in [-0.2, -0.15) is 0 Å². The number of nitrogens with zero attached hydrogens (tertiary/aromatic N) is 1. The Morgan fingerprint density at radius 3 is 2.33 bits per heavy atom. The van der Waals surface area contributed by atoms with Gasteiger partial charge in [0.2, 0.25) is 0 Å². The molecule has 0 saturated heterocycles. The first-order valence-corrected chi connectivity index (χ1v) is 6.46. The smallest absolute Gasteiger partial charge is 0.338 e. The van der Waals surface area contributed by atoms with Crippen molar-refractivity contribution in [3.05, 3.63) is 69.3 Å². The third-order valence-electron chi connectivity index (χ3n) is 2.99. The molecular weight excluding hydrogens is 326 g/mol. The van der Waals surface area contributed by atoms with Crippen LogP contribution in [0.1, 0.15) is 20.7 Å². The number of anilines is 1. The molecule has 0 fully saturated rings. The molecular formula is C15H10F2N2O5. The molecule has 1 amide bonds. The third kappa shape index (κ3) is 3.69. The van der Waals surface area contributed by atoms with E-state index in [1.807, 2.05) is 0 Å². The van der Waals surface area contributed by atoms with Crippen LogP contribution in [0.4, 0.5) is 20.2 Å². The number of halogens is 2. The summed E-state index contributed by atoms with van der Waals surface area (Å²) in [7, 11) is 1.09. The highest BCUT2D eigenvalue weighted by atomic mass is 19.2. The number of carbonyl (C=O) groups excluding carboxylic acids is 2. The van der Waals surface area contributed by atoms with E-state index in [-0.39, 0.29) is 16.8 Å². The predicted molar refractivity (Wildman–Crippen MR) is 78.7 cm³/mol. The zero-order valence-electron chi connectivity index (χ0n) is 12.2. The van der Waals surface area contributed by atoms with Gasteiger partial charge < -0.3 is 10.1 Å². The molecule has 0 unspecified atom stereocenters. The molecule has 0 saturated carbocycles. The van der Waals surface area contributed by atoms with Gasteiger partial charge in [-0.3, -0.25) is 14.9 Å². The Morgan fingerprint density at radius 1 is 1.08 bits per heavy atom. The van der Waals surface area contributed by atoms with Crippen molar-refractivity contribution in [2.24, 2.45) is 0 Å². The summed E-state index contributed by atoms with van der Waals surface area (Å²) >= 11 is 0. The van der Waals surface area contributed by atoms with Crippen molar-refractivity contribution in [2.75, 3.05) is 12.4 Å². The number of nitro groups is 1. The molecule has 2 rings (SSSR count). The fourth-order valence-corrected chi connectivity index (χ4v) is 1.86. The highest BCUT2D eigenvalue weighted by Crippen LogP contribution is 2.20. The first-order valence-electron chi connectivity index (χ1n) is 6.46. The zero-order chi connectivity index (χ0) is 17.9. The van der Waals surface area contributed by atoms with E-state index in [2.05, 4.69) is 10.1 Å². The lowest BCUT2D eigenvalue weighted by molar-refractivity contribution is -0.384. The molecule has 0 atom stereocenters. The quantitative estimate of drug-likeness (QED) is 0.526. The number of non-ortho nitro benzene ring substituents is 1. The van der Waals surface area contributed by atoms with Gasteiger partial charge in [-0.05, 0) is 18.2 Å². The first kappa shape index (κ1) is 17.0. The molecule has 0 aliphatic rings. The molecule has 1 N–H and O–H groups in total. The van der Waals surface area contributed by atoms with Gasteiger partial charge in [0, 0.05) is 29.4 Å². The second kappa shape index (κ2) is 6.82. The normalized spacial score (nSPS) is 10.1. The molecule has 7 nitrogen and oxygen atoms in total. The van der Waals surface area contributed by atoms with Crippen LogP contribution in [-0.2, 0) is 4.74 Å². The zero-order valence-corrected chi connectivity index (χ0v) is 12.2. The van der Waals surface area contributed by atoms with Crippen LogP contribution in [0.15, 0.2) is 36.4 Å². The molecule has 124 valence electrons. The second-order valence-corrected chi connectivity index (χ2v) is 4.60. The van der Waals surface area contributed by atoms with Crippen LogP contribution in [0, 0.1) is 21.7 Å². The maximum Gasteiger partial charge on any atom is 0.338 e. The number of hydrogen-bond acceptors (Lipinski definition) is 5. The lowest BCUT2D eigenvalue weighted by atomic mass is 10.1. The SMILES string of the molecule is COC(=O)c1cc(C(=O)Nc2ccc(F)c(F)c2)cc([N+](=O)[O-])c1. The number of hydrogen-bond donors (Lipinski definition) is 1. The van der Waals surface area contributed by atoms with Gasteiger partial charge in [-0.25, -0.2) is 13.6 Å². The Balaban J connectivity index is 2.37. The first-order chi connectivity index (χ1) is 11.3. The largest absolute Gasteiger partial charge is 0.465 e. The van der Waals surface area contributed by atoms with E-state index in [1.165, 1.54) is 0 Å². The van der Waals surface area contributed by atoms with E-state index < -0.39 is 34.1 Å². The average Bonchev–Trinajstić information content (AvgIpc) is 2.56. The number of nitro benzene ring substituents is 1. The van der Waals surface area contributed by atoms with Crippen LogP contribution < -0.4 is 5.32 Å². The number of ether oxygens (including phenoxy) is 1. The number of nitrogens with one attached hydrogen (secondary N) is 1. The van der Waals surface area contributed by atoms with Crippen LogP contribution in [0.2, 0.25) is 0 Å².